The van der Waals surface area contributed by atoms with Crippen LogP contribution in [0.1, 0.15) is 83.0 Å². The van der Waals surface area contributed by atoms with E-state index in [1.165, 1.54) is 0 Å². The zero-order valence-electron chi connectivity index (χ0n) is 28.6. The fourth-order valence-corrected chi connectivity index (χ4v) is 6.78. The van der Waals surface area contributed by atoms with E-state index < -0.39 is 5.60 Å². The summed E-state index contributed by atoms with van der Waals surface area (Å²) in [4.78, 5) is 30.3. The molecule has 2 aliphatic rings. The van der Waals surface area contributed by atoms with Crippen molar-refractivity contribution in [1.82, 2.24) is 5.32 Å². The molecule has 0 saturated heterocycles. The normalized spacial score (nSPS) is 19.6. The van der Waals surface area contributed by atoms with E-state index in [4.69, 9.17) is 25.8 Å². The molecule has 1 fully saturated rings. The summed E-state index contributed by atoms with van der Waals surface area (Å²) in [6.45, 7) is 10.5. The Labute approximate surface area is 284 Å². The monoisotopic (exact) mass is 661 g/mol. The molecule has 0 unspecified atom stereocenters. The fourth-order valence-electron chi connectivity index (χ4n) is 6.65. The van der Waals surface area contributed by atoms with Gasteiger partial charge in [0.05, 0.1) is 25.7 Å². The van der Waals surface area contributed by atoms with E-state index in [1.54, 1.807) is 7.11 Å². The second-order valence-electron chi connectivity index (χ2n) is 14.0. The molecule has 0 spiro atoms. The van der Waals surface area contributed by atoms with Gasteiger partial charge in [-0.25, -0.2) is 4.79 Å². The van der Waals surface area contributed by atoms with Crippen LogP contribution in [0, 0.1) is 5.92 Å². The first-order valence-corrected chi connectivity index (χ1v) is 16.9. The van der Waals surface area contributed by atoms with E-state index in [2.05, 4.69) is 29.4 Å². The number of amides is 2. The van der Waals surface area contributed by atoms with Gasteiger partial charge in [0.1, 0.15) is 5.60 Å². The first-order chi connectivity index (χ1) is 22.3. The van der Waals surface area contributed by atoms with Crippen molar-refractivity contribution in [1.29, 1.82) is 0 Å². The van der Waals surface area contributed by atoms with Crippen molar-refractivity contribution in [2.45, 2.75) is 90.5 Å². The minimum absolute atomic E-state index is 0.00915. The molecule has 2 amide bonds. The van der Waals surface area contributed by atoms with Crippen LogP contribution in [0.3, 0.4) is 0 Å². The number of carbonyl (C=O) groups excluding carboxylic acids is 2. The Bertz CT molecular complexity index is 1540. The number of fused-ring (bicyclic) bond motifs is 1. The van der Waals surface area contributed by atoms with Crippen LogP contribution in [0.15, 0.2) is 60.7 Å². The Morgan fingerprint density at radius 1 is 1.00 bits per heavy atom. The van der Waals surface area contributed by atoms with Gasteiger partial charge in [-0.1, -0.05) is 23.7 Å². The van der Waals surface area contributed by atoms with E-state index in [9.17, 15) is 9.59 Å². The molecule has 1 aliphatic carbocycles. The highest BCUT2D eigenvalue weighted by molar-refractivity contribution is 6.30. The van der Waals surface area contributed by atoms with E-state index in [0.717, 1.165) is 60.3 Å². The van der Waals surface area contributed by atoms with Crippen LogP contribution in [0.4, 0.5) is 16.2 Å². The van der Waals surface area contributed by atoms with Crippen molar-refractivity contribution in [2.24, 2.45) is 5.92 Å². The van der Waals surface area contributed by atoms with Crippen LogP contribution in [-0.2, 0) is 16.0 Å². The molecule has 0 bridgehead atoms. The second kappa shape index (κ2) is 14.5. The van der Waals surface area contributed by atoms with Gasteiger partial charge < -0.3 is 29.3 Å². The maximum Gasteiger partial charge on any atom is 0.407 e. The number of alkyl carbamates (subject to hydrolysis) is 1. The quantitative estimate of drug-likeness (QED) is 0.248. The molecule has 1 saturated carbocycles. The van der Waals surface area contributed by atoms with Gasteiger partial charge >= 0.3 is 6.09 Å². The number of halogens is 1. The third-order valence-electron chi connectivity index (χ3n) is 8.81. The number of ether oxygens (including phenoxy) is 3. The lowest BCUT2D eigenvalue weighted by molar-refractivity contribution is -0.118. The van der Waals surface area contributed by atoms with Crippen molar-refractivity contribution in [3.8, 4) is 11.5 Å². The van der Waals surface area contributed by atoms with Crippen molar-refractivity contribution >= 4 is 35.0 Å². The molecular formula is C38H48ClN3O5. The number of anilines is 2. The number of hydrogen-bond donors (Lipinski definition) is 1. The van der Waals surface area contributed by atoms with Crippen LogP contribution < -0.4 is 24.6 Å². The van der Waals surface area contributed by atoms with Gasteiger partial charge in [0.25, 0.3) is 0 Å². The SMILES string of the molecule is COc1cc2c(cc1OC(C)C)[C@H](c1ccc(Cl)cc1)N(c1ccc(N(C)CC3CCC(NC(=O)OC(C)(C)C)CC3)cc1)C(=O)C2. The van der Waals surface area contributed by atoms with E-state index in [1.807, 2.05) is 88.0 Å². The number of nitrogens with zero attached hydrogens (tertiary/aromatic N) is 2. The smallest absolute Gasteiger partial charge is 0.407 e. The number of hydrogen-bond acceptors (Lipinski definition) is 6. The number of nitrogens with one attached hydrogen (secondary N) is 1. The van der Waals surface area contributed by atoms with Gasteiger partial charge in [-0.2, -0.15) is 0 Å². The molecule has 252 valence electrons. The minimum Gasteiger partial charge on any atom is -0.493 e. The first kappa shape index (κ1) is 34.4. The van der Waals surface area contributed by atoms with Gasteiger partial charge in [-0.05, 0) is 131 Å². The van der Waals surface area contributed by atoms with Crippen LogP contribution >= 0.6 is 11.6 Å². The van der Waals surface area contributed by atoms with Crippen LogP contribution in [0.2, 0.25) is 5.02 Å². The number of methoxy groups -OCH3 is 1. The minimum atomic E-state index is -0.498. The lowest BCUT2D eigenvalue weighted by atomic mass is 9.85. The highest BCUT2D eigenvalue weighted by atomic mass is 35.5. The van der Waals surface area contributed by atoms with Gasteiger partial charge in [0.2, 0.25) is 5.91 Å². The predicted octanol–water partition coefficient (Wildman–Crippen LogP) is 8.33. The Morgan fingerprint density at radius 2 is 1.66 bits per heavy atom. The van der Waals surface area contributed by atoms with Crippen molar-refractivity contribution < 1.29 is 23.8 Å². The van der Waals surface area contributed by atoms with Crippen molar-refractivity contribution in [3.05, 3.63) is 82.4 Å². The van der Waals surface area contributed by atoms with Crippen molar-refractivity contribution in [2.75, 3.05) is 30.5 Å². The summed E-state index contributed by atoms with van der Waals surface area (Å²) in [6.07, 6.45) is 3.85. The fraction of sp³-hybridized carbons (Fsp3) is 0.474. The average molecular weight is 662 g/mol. The Balaban J connectivity index is 1.33. The zero-order chi connectivity index (χ0) is 33.9. The highest BCUT2D eigenvalue weighted by Gasteiger charge is 2.36. The van der Waals surface area contributed by atoms with E-state index >= 15 is 0 Å². The standard InChI is InChI=1S/C38H48ClN3O5/c1-24(2)46-34-22-32-27(20-33(34)45-7)21-35(43)42(36(32)26-10-12-28(39)13-11-26)31-18-16-30(17-19-31)41(6)23-25-8-14-29(15-9-25)40-37(44)47-38(3,4)5/h10-13,16-20,22,24-25,29,36H,8-9,14-15,21,23H2,1-7H3,(H,40,44)/t25?,29?,36-/m0/s1. The summed E-state index contributed by atoms with van der Waals surface area (Å²) >= 11 is 6.28. The number of rotatable bonds is 9. The first-order valence-electron chi connectivity index (χ1n) is 16.6. The lowest BCUT2D eigenvalue weighted by Crippen LogP contribution is -2.42. The summed E-state index contributed by atoms with van der Waals surface area (Å²) in [6, 6.07) is 19.7. The third kappa shape index (κ3) is 8.52. The molecular weight excluding hydrogens is 614 g/mol. The third-order valence-corrected chi connectivity index (χ3v) is 9.06. The maximum absolute atomic E-state index is 13.9. The number of benzene rings is 3. The molecule has 1 N–H and O–H groups in total. The molecule has 5 rings (SSSR count). The Morgan fingerprint density at radius 3 is 2.26 bits per heavy atom. The summed E-state index contributed by atoms with van der Waals surface area (Å²) < 4.78 is 17.2. The van der Waals surface area contributed by atoms with Gasteiger partial charge in [-0.15, -0.1) is 0 Å². The lowest BCUT2D eigenvalue weighted by Gasteiger charge is -2.38. The van der Waals surface area contributed by atoms with E-state index in [-0.39, 0.29) is 36.6 Å². The molecule has 0 radical (unpaired) electrons. The molecule has 1 atom stereocenters. The van der Waals surface area contributed by atoms with Crippen LogP contribution in [0.25, 0.3) is 0 Å². The Hall–Kier alpha value is -3.91. The second-order valence-corrected chi connectivity index (χ2v) is 14.5. The van der Waals surface area contributed by atoms with Gasteiger partial charge in [0.15, 0.2) is 11.5 Å². The summed E-state index contributed by atoms with van der Waals surface area (Å²) in [7, 11) is 3.73. The Kier molecular flexibility index (Phi) is 10.6. The summed E-state index contributed by atoms with van der Waals surface area (Å²) in [5, 5.41) is 3.68. The molecule has 3 aromatic rings. The summed E-state index contributed by atoms with van der Waals surface area (Å²) in [5.41, 5.74) is 4.30. The average Bonchev–Trinajstić information content (AvgIpc) is 3.00. The highest BCUT2D eigenvalue weighted by Crippen LogP contribution is 2.44. The van der Waals surface area contributed by atoms with Crippen LogP contribution in [-0.4, -0.2) is 50.4 Å². The molecule has 1 aliphatic heterocycles. The molecule has 9 heteroatoms. The van der Waals surface area contributed by atoms with Crippen LogP contribution in [0.5, 0.6) is 11.5 Å². The largest absolute Gasteiger partial charge is 0.493 e. The molecule has 8 nitrogen and oxygen atoms in total. The van der Waals surface area contributed by atoms with Crippen molar-refractivity contribution in [3.63, 3.8) is 0 Å². The molecule has 3 aromatic carbocycles. The van der Waals surface area contributed by atoms with Gasteiger partial charge in [-0.3, -0.25) is 4.79 Å². The summed E-state index contributed by atoms with van der Waals surface area (Å²) in [5.74, 6) is 1.81. The van der Waals surface area contributed by atoms with Gasteiger partial charge in [0, 0.05) is 36.0 Å². The molecule has 1 heterocycles. The topological polar surface area (TPSA) is 80.3 Å². The van der Waals surface area contributed by atoms with E-state index in [0.29, 0.717) is 22.4 Å². The predicted molar refractivity (Wildman–Crippen MR) is 188 cm³/mol. The zero-order valence-corrected chi connectivity index (χ0v) is 29.4. The molecule has 47 heavy (non-hydrogen) atoms. The maximum atomic E-state index is 13.9. The molecule has 0 aromatic heterocycles. The number of carbonyl (C=O) groups is 2.